The van der Waals surface area contributed by atoms with E-state index in [-0.39, 0.29) is 13.0 Å². The SMILES string of the molecule is CCOC(=O)C(=O)CCc1ccc(Oc2ccccc2)cc1. The number of hydrogen-bond acceptors (Lipinski definition) is 4. The van der Waals surface area contributed by atoms with Crippen LogP contribution in [0.2, 0.25) is 0 Å². The lowest BCUT2D eigenvalue weighted by atomic mass is 10.1. The van der Waals surface area contributed by atoms with Crippen molar-refractivity contribution >= 4 is 11.8 Å². The number of ketones is 1. The fourth-order valence-electron chi connectivity index (χ4n) is 1.92. The van der Waals surface area contributed by atoms with Gasteiger partial charge in [0.05, 0.1) is 6.61 Å². The van der Waals surface area contributed by atoms with Crippen LogP contribution in [0.1, 0.15) is 18.9 Å². The standard InChI is InChI=1S/C18H18O4/c1-2-21-18(20)17(19)13-10-14-8-11-16(12-9-14)22-15-6-4-3-5-7-15/h3-9,11-12H,2,10,13H2,1H3. The van der Waals surface area contributed by atoms with Crippen molar-refractivity contribution in [2.45, 2.75) is 19.8 Å². The number of carbonyl (C=O) groups is 2. The Bertz CT molecular complexity index is 617. The van der Waals surface area contributed by atoms with E-state index in [0.717, 1.165) is 17.1 Å². The summed E-state index contributed by atoms with van der Waals surface area (Å²) in [5.41, 5.74) is 0.970. The second-order valence-electron chi connectivity index (χ2n) is 4.70. The van der Waals surface area contributed by atoms with E-state index in [0.29, 0.717) is 6.42 Å². The molecule has 0 radical (unpaired) electrons. The molecule has 2 aromatic rings. The second kappa shape index (κ2) is 7.98. The highest BCUT2D eigenvalue weighted by Gasteiger charge is 2.14. The largest absolute Gasteiger partial charge is 0.460 e. The summed E-state index contributed by atoms with van der Waals surface area (Å²) in [5, 5.41) is 0. The third kappa shape index (κ3) is 4.74. The van der Waals surface area contributed by atoms with Gasteiger partial charge in [-0.2, -0.15) is 0 Å². The third-order valence-electron chi connectivity index (χ3n) is 3.05. The number of para-hydroxylation sites is 1. The zero-order chi connectivity index (χ0) is 15.8. The molecule has 4 nitrogen and oxygen atoms in total. The monoisotopic (exact) mass is 298 g/mol. The molecule has 0 bridgehead atoms. The molecule has 0 aliphatic rings. The second-order valence-corrected chi connectivity index (χ2v) is 4.70. The van der Waals surface area contributed by atoms with Gasteiger partial charge >= 0.3 is 5.97 Å². The number of ether oxygens (including phenoxy) is 2. The highest BCUT2D eigenvalue weighted by atomic mass is 16.5. The molecule has 2 rings (SSSR count). The van der Waals surface area contributed by atoms with Gasteiger partial charge in [-0.05, 0) is 43.2 Å². The number of aryl methyl sites for hydroxylation is 1. The van der Waals surface area contributed by atoms with Crippen LogP contribution in [0.15, 0.2) is 54.6 Å². The number of rotatable bonds is 7. The van der Waals surface area contributed by atoms with Crippen LogP contribution in [0.4, 0.5) is 0 Å². The van der Waals surface area contributed by atoms with Gasteiger partial charge in [-0.3, -0.25) is 4.79 Å². The maximum atomic E-state index is 11.5. The van der Waals surface area contributed by atoms with Crippen molar-refractivity contribution in [3.63, 3.8) is 0 Å². The van der Waals surface area contributed by atoms with E-state index < -0.39 is 11.8 Å². The summed E-state index contributed by atoms with van der Waals surface area (Å²) in [6.45, 7) is 1.90. The first kappa shape index (κ1) is 15.8. The Morgan fingerprint density at radius 1 is 0.909 bits per heavy atom. The highest BCUT2D eigenvalue weighted by Crippen LogP contribution is 2.21. The van der Waals surface area contributed by atoms with E-state index >= 15 is 0 Å². The number of hydrogen-bond donors (Lipinski definition) is 0. The molecule has 0 spiro atoms. The van der Waals surface area contributed by atoms with E-state index in [4.69, 9.17) is 4.74 Å². The van der Waals surface area contributed by atoms with Gasteiger partial charge in [0.15, 0.2) is 0 Å². The summed E-state index contributed by atoms with van der Waals surface area (Å²) in [6, 6.07) is 17.0. The predicted molar refractivity (Wildman–Crippen MR) is 82.9 cm³/mol. The normalized spacial score (nSPS) is 10.0. The highest BCUT2D eigenvalue weighted by molar-refractivity contribution is 6.33. The molecule has 0 aliphatic carbocycles. The molecular weight excluding hydrogens is 280 g/mol. The summed E-state index contributed by atoms with van der Waals surface area (Å²) < 4.78 is 10.4. The van der Waals surface area contributed by atoms with E-state index in [9.17, 15) is 9.59 Å². The summed E-state index contributed by atoms with van der Waals surface area (Å²) in [7, 11) is 0. The maximum absolute atomic E-state index is 11.5. The van der Waals surface area contributed by atoms with Gasteiger partial charge in [0.25, 0.3) is 0 Å². The molecule has 0 unspecified atom stereocenters. The summed E-state index contributed by atoms with van der Waals surface area (Å²) in [4.78, 5) is 22.7. The first-order valence-electron chi connectivity index (χ1n) is 7.21. The minimum atomic E-state index is -0.758. The Kier molecular flexibility index (Phi) is 5.72. The molecule has 0 aromatic heterocycles. The Labute approximate surface area is 129 Å². The molecule has 0 fully saturated rings. The summed E-state index contributed by atoms with van der Waals surface area (Å²) in [5.74, 6) is 0.248. The van der Waals surface area contributed by atoms with Crippen molar-refractivity contribution < 1.29 is 19.1 Å². The van der Waals surface area contributed by atoms with Crippen LogP contribution in [0.5, 0.6) is 11.5 Å². The van der Waals surface area contributed by atoms with Crippen LogP contribution in [0, 0.1) is 0 Å². The van der Waals surface area contributed by atoms with E-state index in [1.54, 1.807) is 6.92 Å². The van der Waals surface area contributed by atoms with Gasteiger partial charge in [0.1, 0.15) is 11.5 Å². The molecule has 2 aromatic carbocycles. The van der Waals surface area contributed by atoms with Gasteiger partial charge in [0.2, 0.25) is 5.78 Å². The lowest BCUT2D eigenvalue weighted by Crippen LogP contribution is -2.17. The molecule has 0 amide bonds. The van der Waals surface area contributed by atoms with Crippen LogP contribution < -0.4 is 4.74 Å². The molecule has 0 heterocycles. The van der Waals surface area contributed by atoms with Crippen LogP contribution in [-0.2, 0) is 20.7 Å². The van der Waals surface area contributed by atoms with Crippen LogP contribution >= 0.6 is 0 Å². The maximum Gasteiger partial charge on any atom is 0.374 e. The molecule has 114 valence electrons. The van der Waals surface area contributed by atoms with Gasteiger partial charge in [-0.15, -0.1) is 0 Å². The molecule has 0 aliphatic heterocycles. The zero-order valence-corrected chi connectivity index (χ0v) is 12.5. The molecule has 0 atom stereocenters. The average Bonchev–Trinajstić information content (AvgIpc) is 2.55. The fourth-order valence-corrected chi connectivity index (χ4v) is 1.92. The predicted octanol–water partition coefficient (Wildman–Crippen LogP) is 3.54. The number of esters is 1. The van der Waals surface area contributed by atoms with Gasteiger partial charge < -0.3 is 9.47 Å². The van der Waals surface area contributed by atoms with E-state index in [1.807, 2.05) is 54.6 Å². The van der Waals surface area contributed by atoms with Crippen molar-refractivity contribution in [3.8, 4) is 11.5 Å². The Morgan fingerprint density at radius 2 is 1.55 bits per heavy atom. The summed E-state index contributed by atoms with van der Waals surface area (Å²) >= 11 is 0. The molecule has 0 saturated carbocycles. The number of carbonyl (C=O) groups excluding carboxylic acids is 2. The Balaban J connectivity index is 1.87. The van der Waals surface area contributed by atoms with Crippen molar-refractivity contribution in [1.82, 2.24) is 0 Å². The number of Topliss-reactive ketones (excluding diaryl/α,β-unsaturated/α-hetero) is 1. The molecule has 22 heavy (non-hydrogen) atoms. The fraction of sp³-hybridized carbons (Fsp3) is 0.222. The lowest BCUT2D eigenvalue weighted by molar-refractivity contribution is -0.153. The topological polar surface area (TPSA) is 52.6 Å². The average molecular weight is 298 g/mol. The minimum Gasteiger partial charge on any atom is -0.460 e. The Hall–Kier alpha value is -2.62. The van der Waals surface area contributed by atoms with E-state index in [1.165, 1.54) is 0 Å². The van der Waals surface area contributed by atoms with E-state index in [2.05, 4.69) is 4.74 Å². The molecule has 0 saturated heterocycles. The number of benzene rings is 2. The smallest absolute Gasteiger partial charge is 0.374 e. The first-order valence-corrected chi connectivity index (χ1v) is 7.21. The van der Waals surface area contributed by atoms with Crippen molar-refractivity contribution in [2.24, 2.45) is 0 Å². The zero-order valence-electron chi connectivity index (χ0n) is 12.5. The van der Waals surface area contributed by atoms with Crippen LogP contribution in [-0.4, -0.2) is 18.4 Å². The van der Waals surface area contributed by atoms with Crippen molar-refractivity contribution in [2.75, 3.05) is 6.61 Å². The molecule has 0 N–H and O–H groups in total. The quantitative estimate of drug-likeness (QED) is 0.579. The minimum absolute atomic E-state index is 0.151. The first-order chi connectivity index (χ1) is 10.7. The van der Waals surface area contributed by atoms with Crippen LogP contribution in [0.3, 0.4) is 0 Å². The Morgan fingerprint density at radius 3 is 2.18 bits per heavy atom. The molecule has 4 heteroatoms. The van der Waals surface area contributed by atoms with Gasteiger partial charge in [0, 0.05) is 6.42 Å². The van der Waals surface area contributed by atoms with Gasteiger partial charge in [-0.1, -0.05) is 30.3 Å². The molecular formula is C18H18O4. The van der Waals surface area contributed by atoms with Gasteiger partial charge in [-0.25, -0.2) is 4.79 Å². The lowest BCUT2D eigenvalue weighted by Gasteiger charge is -2.06. The van der Waals surface area contributed by atoms with Crippen molar-refractivity contribution in [3.05, 3.63) is 60.2 Å². The summed E-state index contributed by atoms with van der Waals surface area (Å²) in [6.07, 6.45) is 0.654. The van der Waals surface area contributed by atoms with Crippen LogP contribution in [0.25, 0.3) is 0 Å². The third-order valence-corrected chi connectivity index (χ3v) is 3.05. The van der Waals surface area contributed by atoms with Crippen molar-refractivity contribution in [1.29, 1.82) is 0 Å².